The molecule has 2 N–H and O–H groups in total. The van der Waals surface area contributed by atoms with E-state index in [-0.39, 0.29) is 5.56 Å². The molecule has 1 aromatic rings. The molecule has 2 atom stereocenters. The Morgan fingerprint density at radius 3 is 2.31 bits per heavy atom. The van der Waals surface area contributed by atoms with Crippen molar-refractivity contribution in [3.8, 4) is 0 Å². The minimum atomic E-state index is -4.57. The largest absolute Gasteiger partial charge is 0.304 e. The first-order valence-electron chi connectivity index (χ1n) is 3.86. The van der Waals surface area contributed by atoms with Gasteiger partial charge in [-0.05, 0) is 11.2 Å². The molecule has 0 radical (unpaired) electrons. The molecule has 0 aliphatic heterocycles. The molecule has 9 heteroatoms. The van der Waals surface area contributed by atoms with Gasteiger partial charge in [-0.25, -0.2) is 4.21 Å². The average molecular weight is 265 g/mol. The highest BCUT2D eigenvalue weighted by atomic mass is 32.2. The highest BCUT2D eigenvalue weighted by Gasteiger charge is 2.26. The van der Waals surface area contributed by atoms with Crippen molar-refractivity contribution in [1.82, 2.24) is 0 Å². The van der Waals surface area contributed by atoms with Crippen LogP contribution in [-0.4, -0.2) is 21.7 Å². The van der Waals surface area contributed by atoms with Crippen LogP contribution in [0.2, 0.25) is 0 Å². The van der Waals surface area contributed by atoms with E-state index in [1.54, 1.807) is 0 Å². The molecule has 0 fully saturated rings. The minimum Gasteiger partial charge on any atom is -0.304 e. The van der Waals surface area contributed by atoms with E-state index < -0.39 is 31.5 Å². The highest BCUT2D eigenvalue weighted by Crippen LogP contribution is 2.26. The van der Waals surface area contributed by atoms with Crippen molar-refractivity contribution in [1.29, 1.82) is 0 Å². The van der Waals surface area contributed by atoms with Crippen molar-refractivity contribution in [2.45, 2.75) is 10.3 Å². The standard InChI is InChI=1S/C7H7NO6S2/c9-8-7(15(10)11)5-3-1-2-4-6(5)16(12,13)14/h1-4,7H,(H,10,11)(H,12,13,14). The first kappa shape index (κ1) is 12.9. The van der Waals surface area contributed by atoms with Gasteiger partial charge in [0.2, 0.25) is 5.37 Å². The smallest absolute Gasteiger partial charge is 0.294 e. The molecule has 7 nitrogen and oxygen atoms in total. The topological polar surface area (TPSA) is 121 Å². The Morgan fingerprint density at radius 2 is 1.88 bits per heavy atom. The molecule has 0 amide bonds. The van der Waals surface area contributed by atoms with Gasteiger partial charge >= 0.3 is 0 Å². The summed E-state index contributed by atoms with van der Waals surface area (Å²) in [5.41, 5.74) is -0.319. The lowest BCUT2D eigenvalue weighted by molar-refractivity contribution is 0.481. The van der Waals surface area contributed by atoms with Gasteiger partial charge in [0.15, 0.2) is 11.1 Å². The molecule has 1 aromatic carbocycles. The average Bonchev–Trinajstić information content (AvgIpc) is 2.17. The SMILES string of the molecule is O=NC(c1ccccc1S(=O)(=O)O)S(=O)O. The van der Waals surface area contributed by atoms with E-state index in [0.717, 1.165) is 12.1 Å². The first-order chi connectivity index (χ1) is 7.38. The monoisotopic (exact) mass is 265 g/mol. The Hall–Kier alpha value is -1.16. The summed E-state index contributed by atoms with van der Waals surface area (Å²) in [6, 6.07) is 4.79. The highest BCUT2D eigenvalue weighted by molar-refractivity contribution is 7.86. The van der Waals surface area contributed by atoms with Crippen molar-refractivity contribution in [3.63, 3.8) is 0 Å². The van der Waals surface area contributed by atoms with E-state index >= 15 is 0 Å². The van der Waals surface area contributed by atoms with Crippen molar-refractivity contribution in [2.75, 3.05) is 0 Å². The Labute approximate surface area is 93.5 Å². The van der Waals surface area contributed by atoms with Gasteiger partial charge < -0.3 is 4.55 Å². The maximum atomic E-state index is 10.9. The van der Waals surface area contributed by atoms with Crippen LogP contribution in [0.4, 0.5) is 0 Å². The van der Waals surface area contributed by atoms with Gasteiger partial charge in [0, 0.05) is 5.56 Å². The molecule has 0 saturated heterocycles. The van der Waals surface area contributed by atoms with Crippen LogP contribution < -0.4 is 0 Å². The van der Waals surface area contributed by atoms with Gasteiger partial charge in [0.1, 0.15) is 4.90 Å². The quantitative estimate of drug-likeness (QED) is 0.474. The van der Waals surface area contributed by atoms with Crippen LogP contribution in [0.5, 0.6) is 0 Å². The second kappa shape index (κ2) is 4.78. The van der Waals surface area contributed by atoms with Crippen LogP contribution in [0.15, 0.2) is 34.3 Å². The molecule has 0 aromatic heterocycles. The lowest BCUT2D eigenvalue weighted by atomic mass is 10.2. The third-order valence-electron chi connectivity index (χ3n) is 1.75. The predicted octanol–water partition coefficient (Wildman–Crippen LogP) is 0.920. The van der Waals surface area contributed by atoms with Gasteiger partial charge in [-0.15, -0.1) is 4.91 Å². The maximum Gasteiger partial charge on any atom is 0.294 e. The van der Waals surface area contributed by atoms with Crippen molar-refractivity contribution in [2.24, 2.45) is 5.18 Å². The lowest BCUT2D eigenvalue weighted by Crippen LogP contribution is -2.09. The zero-order valence-electron chi connectivity index (χ0n) is 7.68. The van der Waals surface area contributed by atoms with Crippen LogP contribution in [0, 0.1) is 4.91 Å². The molecule has 2 unspecified atom stereocenters. The zero-order valence-corrected chi connectivity index (χ0v) is 9.31. The van der Waals surface area contributed by atoms with Crippen molar-refractivity contribution >= 4 is 21.2 Å². The Morgan fingerprint density at radius 1 is 1.31 bits per heavy atom. The fourth-order valence-corrected chi connectivity index (χ4v) is 2.42. The second-order valence-electron chi connectivity index (χ2n) is 2.75. The van der Waals surface area contributed by atoms with E-state index in [4.69, 9.17) is 9.11 Å². The van der Waals surface area contributed by atoms with Gasteiger partial charge in [-0.3, -0.25) is 4.55 Å². The van der Waals surface area contributed by atoms with Crippen LogP contribution in [0.1, 0.15) is 10.9 Å². The van der Waals surface area contributed by atoms with Crippen LogP contribution >= 0.6 is 0 Å². The third kappa shape index (κ3) is 2.70. The van der Waals surface area contributed by atoms with Gasteiger partial charge in [0.25, 0.3) is 10.1 Å². The number of nitrogens with zero attached hydrogens (tertiary/aromatic N) is 1. The molecule has 0 bridgehead atoms. The summed E-state index contributed by atoms with van der Waals surface area (Å²) in [5, 5.41) is 0.604. The zero-order chi connectivity index (χ0) is 12.3. The Balaban J connectivity index is 3.45. The third-order valence-corrected chi connectivity index (χ3v) is 3.40. The summed E-state index contributed by atoms with van der Waals surface area (Å²) in [6.07, 6.45) is 0. The summed E-state index contributed by atoms with van der Waals surface area (Å²) < 4.78 is 50.2. The van der Waals surface area contributed by atoms with E-state index in [2.05, 4.69) is 5.18 Å². The molecule has 0 aliphatic carbocycles. The lowest BCUT2D eigenvalue weighted by Gasteiger charge is -2.08. The van der Waals surface area contributed by atoms with Gasteiger partial charge in [-0.1, -0.05) is 18.2 Å². The second-order valence-corrected chi connectivity index (χ2v) is 5.14. The number of hydrogen-bond acceptors (Lipinski definition) is 5. The predicted molar refractivity (Wildman–Crippen MR) is 55.6 cm³/mol. The fraction of sp³-hybridized carbons (Fsp3) is 0.143. The normalized spacial score (nSPS) is 15.4. The molecule has 1 rings (SSSR count). The van der Waals surface area contributed by atoms with Crippen molar-refractivity contribution in [3.05, 3.63) is 34.7 Å². The molecule has 88 valence electrons. The molecule has 0 spiro atoms. The summed E-state index contributed by atoms with van der Waals surface area (Å²) in [5.74, 6) is 0. The van der Waals surface area contributed by atoms with Crippen molar-refractivity contribution < 1.29 is 21.7 Å². The summed E-state index contributed by atoms with van der Waals surface area (Å²) >= 11 is -2.65. The minimum absolute atomic E-state index is 0.319. The van der Waals surface area contributed by atoms with E-state index in [0.29, 0.717) is 0 Å². The van der Waals surface area contributed by atoms with E-state index in [9.17, 15) is 17.5 Å². The maximum absolute atomic E-state index is 10.9. The van der Waals surface area contributed by atoms with Crippen LogP contribution in [0.25, 0.3) is 0 Å². The van der Waals surface area contributed by atoms with Crippen LogP contribution in [-0.2, 0) is 21.2 Å². The summed E-state index contributed by atoms with van der Waals surface area (Å²) in [7, 11) is -4.57. The number of nitroso groups, excluding NO2 is 1. The molecule has 0 saturated carbocycles. The first-order valence-corrected chi connectivity index (χ1v) is 6.47. The Bertz CT molecular complexity index is 525. The van der Waals surface area contributed by atoms with Gasteiger partial charge in [-0.2, -0.15) is 8.42 Å². The fourth-order valence-electron chi connectivity index (χ4n) is 1.12. The van der Waals surface area contributed by atoms with E-state index in [1.807, 2.05) is 0 Å². The molecular formula is C7H7NO6S2. The molecule has 16 heavy (non-hydrogen) atoms. The number of hydrogen-bond donors (Lipinski definition) is 2. The number of benzene rings is 1. The number of rotatable bonds is 4. The molecule has 0 heterocycles. The van der Waals surface area contributed by atoms with E-state index in [1.165, 1.54) is 12.1 Å². The summed E-state index contributed by atoms with van der Waals surface area (Å²) in [6.45, 7) is 0. The Kier molecular flexibility index (Phi) is 3.86. The molecular weight excluding hydrogens is 258 g/mol. The molecule has 0 aliphatic rings. The van der Waals surface area contributed by atoms with Crippen LogP contribution in [0.3, 0.4) is 0 Å². The summed E-state index contributed by atoms with van der Waals surface area (Å²) in [4.78, 5) is 9.74. The van der Waals surface area contributed by atoms with Gasteiger partial charge in [0.05, 0.1) is 0 Å².